The molecule has 0 N–H and O–H groups in total. The van der Waals surface area contributed by atoms with Crippen molar-refractivity contribution in [3.63, 3.8) is 0 Å². The highest BCUT2D eigenvalue weighted by Gasteiger charge is 2.12. The number of nitriles is 1. The maximum Gasteiger partial charge on any atom is 0.203 e. The van der Waals surface area contributed by atoms with Crippen LogP contribution < -0.4 is 4.74 Å². The van der Waals surface area contributed by atoms with E-state index in [0.29, 0.717) is 16.9 Å². The van der Waals surface area contributed by atoms with Crippen LogP contribution in [0.3, 0.4) is 0 Å². The van der Waals surface area contributed by atoms with Gasteiger partial charge >= 0.3 is 0 Å². The molecule has 4 heteroatoms. The molecular formula is C17H12FNO2. The molecule has 0 aromatic heterocycles. The molecule has 0 radical (unpaired) electrons. The van der Waals surface area contributed by atoms with Crippen molar-refractivity contribution in [1.82, 2.24) is 0 Å². The fourth-order valence-electron chi connectivity index (χ4n) is 1.81. The summed E-state index contributed by atoms with van der Waals surface area (Å²) in [5.74, 6) is -0.207. The van der Waals surface area contributed by atoms with Crippen molar-refractivity contribution in [1.29, 1.82) is 5.26 Å². The van der Waals surface area contributed by atoms with Crippen molar-refractivity contribution in [2.75, 3.05) is 7.11 Å². The van der Waals surface area contributed by atoms with Crippen molar-refractivity contribution in [3.05, 3.63) is 71.0 Å². The van der Waals surface area contributed by atoms with Crippen LogP contribution in [0.1, 0.15) is 15.9 Å². The van der Waals surface area contributed by atoms with E-state index in [0.717, 1.165) is 0 Å². The van der Waals surface area contributed by atoms with E-state index in [1.807, 2.05) is 6.07 Å². The zero-order chi connectivity index (χ0) is 15.2. The van der Waals surface area contributed by atoms with E-state index < -0.39 is 11.6 Å². The van der Waals surface area contributed by atoms with Gasteiger partial charge in [-0.05, 0) is 48.0 Å². The third-order valence-corrected chi connectivity index (χ3v) is 2.88. The monoisotopic (exact) mass is 281 g/mol. The zero-order valence-electron chi connectivity index (χ0n) is 11.3. The van der Waals surface area contributed by atoms with Crippen molar-refractivity contribution < 1.29 is 13.9 Å². The number of Topliss-reactive ketones (excluding diaryl/α,β-unsaturated/α-hetero) is 1. The fourth-order valence-corrected chi connectivity index (χ4v) is 1.81. The number of rotatable bonds is 4. The SMILES string of the molecule is COc1ccc(C(=O)C(C#N)=Cc2cccc(F)c2)cc1. The first-order valence-corrected chi connectivity index (χ1v) is 6.20. The number of nitrogens with zero attached hydrogens (tertiary/aromatic N) is 1. The minimum Gasteiger partial charge on any atom is -0.497 e. The Morgan fingerprint density at radius 1 is 1.24 bits per heavy atom. The summed E-state index contributed by atoms with van der Waals surface area (Å²) < 4.78 is 18.1. The van der Waals surface area contributed by atoms with Crippen LogP contribution in [-0.4, -0.2) is 12.9 Å². The van der Waals surface area contributed by atoms with Gasteiger partial charge in [0.2, 0.25) is 5.78 Å². The quantitative estimate of drug-likeness (QED) is 0.488. The summed E-state index contributed by atoms with van der Waals surface area (Å²) in [6.07, 6.45) is 1.37. The summed E-state index contributed by atoms with van der Waals surface area (Å²) >= 11 is 0. The van der Waals surface area contributed by atoms with Gasteiger partial charge in [0, 0.05) is 5.56 Å². The number of carbonyl (C=O) groups is 1. The molecule has 0 atom stereocenters. The van der Waals surface area contributed by atoms with E-state index in [9.17, 15) is 9.18 Å². The lowest BCUT2D eigenvalue weighted by molar-refractivity contribution is 0.104. The Hall–Kier alpha value is -2.93. The summed E-state index contributed by atoms with van der Waals surface area (Å²) in [6, 6.07) is 14.0. The molecule has 2 aromatic rings. The smallest absolute Gasteiger partial charge is 0.203 e. The minimum absolute atomic E-state index is 0.0502. The number of benzene rings is 2. The summed E-state index contributed by atoms with van der Waals surface area (Å²) in [6.45, 7) is 0. The van der Waals surface area contributed by atoms with E-state index >= 15 is 0 Å². The minimum atomic E-state index is -0.419. The molecule has 21 heavy (non-hydrogen) atoms. The Balaban J connectivity index is 2.32. The molecule has 0 amide bonds. The maximum absolute atomic E-state index is 13.1. The first-order chi connectivity index (χ1) is 10.1. The summed E-state index contributed by atoms with van der Waals surface area (Å²) in [7, 11) is 1.53. The Morgan fingerprint density at radius 3 is 2.52 bits per heavy atom. The van der Waals surface area contributed by atoms with Crippen molar-refractivity contribution in [3.8, 4) is 11.8 Å². The molecule has 0 fully saturated rings. The van der Waals surface area contributed by atoms with Crippen LogP contribution in [0.15, 0.2) is 54.1 Å². The molecule has 3 nitrogen and oxygen atoms in total. The number of hydrogen-bond donors (Lipinski definition) is 0. The number of halogens is 1. The van der Waals surface area contributed by atoms with Crippen LogP contribution in [0.2, 0.25) is 0 Å². The van der Waals surface area contributed by atoms with E-state index in [2.05, 4.69) is 0 Å². The zero-order valence-corrected chi connectivity index (χ0v) is 11.3. The Labute approximate surface area is 121 Å². The second-order valence-electron chi connectivity index (χ2n) is 4.28. The number of allylic oxidation sites excluding steroid dienone is 1. The van der Waals surface area contributed by atoms with Gasteiger partial charge in [-0.15, -0.1) is 0 Å². The first-order valence-electron chi connectivity index (χ1n) is 6.20. The van der Waals surface area contributed by atoms with Crippen LogP contribution >= 0.6 is 0 Å². The molecule has 2 rings (SSSR count). The van der Waals surface area contributed by atoms with Gasteiger partial charge in [-0.25, -0.2) is 4.39 Å². The third-order valence-electron chi connectivity index (χ3n) is 2.88. The van der Waals surface area contributed by atoms with Gasteiger partial charge in [0.15, 0.2) is 0 Å². The molecule has 2 aromatic carbocycles. The second kappa shape index (κ2) is 6.49. The second-order valence-corrected chi connectivity index (χ2v) is 4.28. The van der Waals surface area contributed by atoms with Gasteiger partial charge in [-0.3, -0.25) is 4.79 Å². The molecule has 104 valence electrons. The standard InChI is InChI=1S/C17H12FNO2/c1-21-16-7-5-13(6-8-16)17(20)14(11-19)9-12-3-2-4-15(18)10-12/h2-10H,1H3. The Morgan fingerprint density at radius 2 is 1.95 bits per heavy atom. The summed E-state index contributed by atoms with van der Waals surface area (Å²) in [4.78, 5) is 12.2. The highest BCUT2D eigenvalue weighted by molar-refractivity contribution is 6.14. The number of ether oxygens (including phenoxy) is 1. The van der Waals surface area contributed by atoms with E-state index in [-0.39, 0.29) is 5.57 Å². The predicted octanol–water partition coefficient (Wildman–Crippen LogP) is 3.62. The Kier molecular flexibility index (Phi) is 4.47. The number of methoxy groups -OCH3 is 1. The van der Waals surface area contributed by atoms with Crippen molar-refractivity contribution in [2.24, 2.45) is 0 Å². The average molecular weight is 281 g/mol. The molecule has 0 aliphatic rings. The van der Waals surface area contributed by atoms with Crippen molar-refractivity contribution >= 4 is 11.9 Å². The lowest BCUT2D eigenvalue weighted by Crippen LogP contribution is -2.01. The van der Waals surface area contributed by atoms with Crippen LogP contribution in [0, 0.1) is 17.1 Å². The molecule has 0 unspecified atom stereocenters. The van der Waals surface area contributed by atoms with Gasteiger partial charge in [0.25, 0.3) is 0 Å². The van der Waals surface area contributed by atoms with Gasteiger partial charge in [-0.2, -0.15) is 5.26 Å². The summed E-state index contributed by atoms with van der Waals surface area (Å²) in [5, 5.41) is 9.13. The average Bonchev–Trinajstić information content (AvgIpc) is 2.52. The number of carbonyl (C=O) groups excluding carboxylic acids is 1. The number of ketones is 1. The van der Waals surface area contributed by atoms with Crippen LogP contribution in [0.25, 0.3) is 6.08 Å². The van der Waals surface area contributed by atoms with Gasteiger partial charge in [0.1, 0.15) is 23.2 Å². The van der Waals surface area contributed by atoms with Crippen LogP contribution in [-0.2, 0) is 0 Å². The topological polar surface area (TPSA) is 50.1 Å². The van der Waals surface area contributed by atoms with Crippen molar-refractivity contribution in [2.45, 2.75) is 0 Å². The maximum atomic E-state index is 13.1. The summed E-state index contributed by atoms with van der Waals surface area (Å²) in [5.41, 5.74) is 0.791. The molecule has 0 heterocycles. The van der Waals surface area contributed by atoms with Gasteiger partial charge in [-0.1, -0.05) is 12.1 Å². The van der Waals surface area contributed by atoms with E-state index in [1.165, 1.54) is 31.4 Å². The Bertz CT molecular complexity index is 727. The van der Waals surface area contributed by atoms with Gasteiger partial charge in [0.05, 0.1) is 7.11 Å². The lowest BCUT2D eigenvalue weighted by Gasteiger charge is -2.02. The number of hydrogen-bond acceptors (Lipinski definition) is 3. The molecule has 0 aliphatic heterocycles. The van der Waals surface area contributed by atoms with Gasteiger partial charge < -0.3 is 4.74 Å². The van der Waals surface area contributed by atoms with Crippen LogP contribution in [0.5, 0.6) is 5.75 Å². The fraction of sp³-hybridized carbons (Fsp3) is 0.0588. The highest BCUT2D eigenvalue weighted by Crippen LogP contribution is 2.16. The van der Waals surface area contributed by atoms with E-state index in [1.54, 1.807) is 30.3 Å². The molecule has 0 aliphatic carbocycles. The normalized spacial score (nSPS) is 10.8. The van der Waals surface area contributed by atoms with Crippen LogP contribution in [0.4, 0.5) is 4.39 Å². The predicted molar refractivity (Wildman–Crippen MR) is 77.3 cm³/mol. The van der Waals surface area contributed by atoms with E-state index in [4.69, 9.17) is 10.00 Å². The third kappa shape index (κ3) is 3.54. The molecule has 0 saturated heterocycles. The first kappa shape index (κ1) is 14.5. The molecule has 0 spiro atoms. The lowest BCUT2D eigenvalue weighted by atomic mass is 10.0. The highest BCUT2D eigenvalue weighted by atomic mass is 19.1. The largest absolute Gasteiger partial charge is 0.497 e. The molecule has 0 saturated carbocycles. The molecule has 0 bridgehead atoms. The molecular weight excluding hydrogens is 269 g/mol.